The summed E-state index contributed by atoms with van der Waals surface area (Å²) in [6.07, 6.45) is 5.42. The van der Waals surface area contributed by atoms with Crippen LogP contribution in [0.25, 0.3) is 0 Å². The Balaban J connectivity index is 1.77. The summed E-state index contributed by atoms with van der Waals surface area (Å²) >= 11 is 0. The molecule has 1 aromatic rings. The molecule has 0 spiro atoms. The first-order chi connectivity index (χ1) is 8.40. The van der Waals surface area contributed by atoms with Crippen LogP contribution in [-0.4, -0.2) is 24.7 Å². The fourth-order valence-electron chi connectivity index (χ4n) is 2.32. The van der Waals surface area contributed by atoms with E-state index in [1.165, 1.54) is 24.1 Å². The van der Waals surface area contributed by atoms with E-state index in [-0.39, 0.29) is 0 Å². The summed E-state index contributed by atoms with van der Waals surface area (Å²) in [6.45, 7) is 5.95. The molecule has 1 fully saturated rings. The second-order valence-corrected chi connectivity index (χ2v) is 4.68. The first-order valence-electron chi connectivity index (χ1n) is 6.61. The van der Waals surface area contributed by atoms with E-state index in [0.717, 1.165) is 32.7 Å². The molecular formula is C14H22N2O. The van der Waals surface area contributed by atoms with Crippen molar-refractivity contribution in [2.24, 2.45) is 5.92 Å². The van der Waals surface area contributed by atoms with Gasteiger partial charge in [0.2, 0.25) is 0 Å². The topological polar surface area (TPSA) is 34.2 Å². The maximum absolute atomic E-state index is 5.47. The van der Waals surface area contributed by atoms with Crippen molar-refractivity contribution in [3.05, 3.63) is 29.6 Å². The fourth-order valence-corrected chi connectivity index (χ4v) is 2.32. The summed E-state index contributed by atoms with van der Waals surface area (Å²) < 4.78 is 5.47. The van der Waals surface area contributed by atoms with Gasteiger partial charge in [-0.15, -0.1) is 0 Å². The van der Waals surface area contributed by atoms with Crippen LogP contribution in [0.2, 0.25) is 0 Å². The Bertz CT molecular complexity index is 335. The highest BCUT2D eigenvalue weighted by Gasteiger charge is 2.13. The number of aromatic nitrogens is 1. The van der Waals surface area contributed by atoms with Crippen molar-refractivity contribution in [1.82, 2.24) is 10.3 Å². The lowest BCUT2D eigenvalue weighted by atomic mass is 10.0. The third kappa shape index (κ3) is 3.79. The molecule has 1 aliphatic heterocycles. The Morgan fingerprint density at radius 1 is 1.53 bits per heavy atom. The normalized spacial score (nSPS) is 20.4. The standard InChI is InChI=1S/C14H22N2O/c1-2-13-6-3-7-16-14(13)10-15-9-12-5-4-8-17-11-12/h3,6-7,12,15H,2,4-5,8-11H2,1H3. The van der Waals surface area contributed by atoms with Crippen LogP contribution < -0.4 is 5.32 Å². The van der Waals surface area contributed by atoms with Gasteiger partial charge in [0.25, 0.3) is 0 Å². The van der Waals surface area contributed by atoms with Crippen molar-refractivity contribution < 1.29 is 4.74 Å². The number of ether oxygens (including phenoxy) is 1. The fraction of sp³-hybridized carbons (Fsp3) is 0.643. The number of aryl methyl sites for hydroxylation is 1. The molecule has 0 radical (unpaired) electrons. The van der Waals surface area contributed by atoms with Gasteiger partial charge in [-0.3, -0.25) is 4.98 Å². The predicted molar refractivity (Wildman–Crippen MR) is 68.9 cm³/mol. The van der Waals surface area contributed by atoms with Crippen LogP contribution >= 0.6 is 0 Å². The molecule has 0 bridgehead atoms. The average molecular weight is 234 g/mol. The highest BCUT2D eigenvalue weighted by Crippen LogP contribution is 2.12. The maximum Gasteiger partial charge on any atom is 0.0573 e. The number of nitrogens with one attached hydrogen (secondary N) is 1. The summed E-state index contributed by atoms with van der Waals surface area (Å²) in [5.41, 5.74) is 2.53. The SMILES string of the molecule is CCc1cccnc1CNCC1CCCOC1. The molecule has 1 aliphatic rings. The van der Waals surface area contributed by atoms with Crippen molar-refractivity contribution in [3.8, 4) is 0 Å². The zero-order chi connectivity index (χ0) is 11.9. The van der Waals surface area contributed by atoms with Gasteiger partial charge in [0.15, 0.2) is 0 Å². The zero-order valence-corrected chi connectivity index (χ0v) is 10.6. The Kier molecular flexibility index (Phi) is 4.95. The van der Waals surface area contributed by atoms with E-state index in [2.05, 4.69) is 23.3 Å². The van der Waals surface area contributed by atoms with Gasteiger partial charge >= 0.3 is 0 Å². The molecule has 1 N–H and O–H groups in total. The van der Waals surface area contributed by atoms with E-state index in [9.17, 15) is 0 Å². The number of rotatable bonds is 5. The molecule has 1 saturated heterocycles. The van der Waals surface area contributed by atoms with Crippen LogP contribution in [0.4, 0.5) is 0 Å². The molecule has 2 heterocycles. The van der Waals surface area contributed by atoms with E-state index in [1.54, 1.807) is 0 Å². The largest absolute Gasteiger partial charge is 0.381 e. The van der Waals surface area contributed by atoms with Gasteiger partial charge in [0.05, 0.1) is 12.3 Å². The monoisotopic (exact) mass is 234 g/mol. The molecule has 1 unspecified atom stereocenters. The molecule has 0 aromatic carbocycles. The molecule has 0 aliphatic carbocycles. The van der Waals surface area contributed by atoms with Crippen molar-refractivity contribution >= 4 is 0 Å². The predicted octanol–water partition coefficient (Wildman–Crippen LogP) is 2.16. The van der Waals surface area contributed by atoms with Gasteiger partial charge in [0.1, 0.15) is 0 Å². The zero-order valence-electron chi connectivity index (χ0n) is 10.6. The molecule has 0 saturated carbocycles. The average Bonchev–Trinajstić information content (AvgIpc) is 2.40. The molecule has 2 rings (SSSR count). The summed E-state index contributed by atoms with van der Waals surface area (Å²) in [5.74, 6) is 0.678. The lowest BCUT2D eigenvalue weighted by molar-refractivity contribution is 0.0547. The van der Waals surface area contributed by atoms with Crippen LogP contribution in [0.1, 0.15) is 31.0 Å². The molecule has 17 heavy (non-hydrogen) atoms. The first-order valence-corrected chi connectivity index (χ1v) is 6.61. The van der Waals surface area contributed by atoms with Gasteiger partial charge in [-0.25, -0.2) is 0 Å². The summed E-state index contributed by atoms with van der Waals surface area (Å²) in [6, 6.07) is 4.17. The highest BCUT2D eigenvalue weighted by atomic mass is 16.5. The van der Waals surface area contributed by atoms with Crippen molar-refractivity contribution in [3.63, 3.8) is 0 Å². The van der Waals surface area contributed by atoms with Gasteiger partial charge in [-0.2, -0.15) is 0 Å². The lowest BCUT2D eigenvalue weighted by Crippen LogP contribution is -2.29. The molecular weight excluding hydrogens is 212 g/mol. The summed E-state index contributed by atoms with van der Waals surface area (Å²) in [5, 5.41) is 3.50. The van der Waals surface area contributed by atoms with Gasteiger partial charge in [-0.1, -0.05) is 13.0 Å². The van der Waals surface area contributed by atoms with E-state index in [4.69, 9.17) is 4.74 Å². The van der Waals surface area contributed by atoms with E-state index >= 15 is 0 Å². The smallest absolute Gasteiger partial charge is 0.0573 e. The summed E-state index contributed by atoms with van der Waals surface area (Å²) in [7, 11) is 0. The molecule has 94 valence electrons. The second-order valence-electron chi connectivity index (χ2n) is 4.68. The summed E-state index contributed by atoms with van der Waals surface area (Å²) in [4.78, 5) is 4.44. The van der Waals surface area contributed by atoms with Crippen LogP contribution in [-0.2, 0) is 17.7 Å². The molecule has 3 nitrogen and oxygen atoms in total. The molecule has 1 atom stereocenters. The number of pyridine rings is 1. The number of hydrogen-bond donors (Lipinski definition) is 1. The Morgan fingerprint density at radius 2 is 2.47 bits per heavy atom. The van der Waals surface area contributed by atoms with Crippen molar-refractivity contribution in [2.45, 2.75) is 32.7 Å². The molecule has 1 aromatic heterocycles. The maximum atomic E-state index is 5.47. The minimum Gasteiger partial charge on any atom is -0.381 e. The third-order valence-corrected chi connectivity index (χ3v) is 3.35. The lowest BCUT2D eigenvalue weighted by Gasteiger charge is -2.22. The number of nitrogens with zero attached hydrogens (tertiary/aromatic N) is 1. The van der Waals surface area contributed by atoms with Gasteiger partial charge in [0, 0.05) is 25.9 Å². The molecule has 0 amide bonds. The van der Waals surface area contributed by atoms with Crippen molar-refractivity contribution in [1.29, 1.82) is 0 Å². The second kappa shape index (κ2) is 6.72. The Labute approximate surface area is 104 Å². The van der Waals surface area contributed by atoms with Crippen LogP contribution in [0.15, 0.2) is 18.3 Å². The quantitative estimate of drug-likeness (QED) is 0.847. The highest BCUT2D eigenvalue weighted by molar-refractivity contribution is 5.19. The van der Waals surface area contributed by atoms with Gasteiger partial charge < -0.3 is 10.1 Å². The van der Waals surface area contributed by atoms with Crippen LogP contribution in [0.3, 0.4) is 0 Å². The minimum atomic E-state index is 0.678. The van der Waals surface area contributed by atoms with Crippen molar-refractivity contribution in [2.75, 3.05) is 19.8 Å². The van der Waals surface area contributed by atoms with E-state index in [1.807, 2.05) is 12.3 Å². The van der Waals surface area contributed by atoms with Crippen LogP contribution in [0.5, 0.6) is 0 Å². The Hall–Kier alpha value is -0.930. The van der Waals surface area contributed by atoms with Crippen LogP contribution in [0, 0.1) is 5.92 Å². The third-order valence-electron chi connectivity index (χ3n) is 3.35. The molecule has 3 heteroatoms. The van der Waals surface area contributed by atoms with E-state index in [0.29, 0.717) is 5.92 Å². The van der Waals surface area contributed by atoms with E-state index < -0.39 is 0 Å². The first kappa shape index (κ1) is 12.5. The number of hydrogen-bond acceptors (Lipinski definition) is 3. The Morgan fingerprint density at radius 3 is 3.24 bits per heavy atom. The minimum absolute atomic E-state index is 0.678. The van der Waals surface area contributed by atoms with Gasteiger partial charge in [-0.05, 0) is 36.8 Å².